The van der Waals surface area contributed by atoms with E-state index in [9.17, 15) is 5.11 Å². The van der Waals surface area contributed by atoms with E-state index in [0.717, 1.165) is 25.2 Å². The number of hydrogen-bond acceptors (Lipinski definition) is 3. The number of benzene rings is 1. The summed E-state index contributed by atoms with van der Waals surface area (Å²) in [7, 11) is 1.56. The summed E-state index contributed by atoms with van der Waals surface area (Å²) in [5.74, 6) is 0.669. The molecule has 0 atom stereocenters. The average Bonchev–Trinajstić information content (AvgIpc) is 2.30. The van der Waals surface area contributed by atoms with Gasteiger partial charge in [0.15, 0.2) is 11.5 Å². The molecule has 0 heterocycles. The predicted molar refractivity (Wildman–Crippen MR) is 69.0 cm³/mol. The van der Waals surface area contributed by atoms with Crippen LogP contribution in [0.5, 0.6) is 11.5 Å². The van der Waals surface area contributed by atoms with Crippen molar-refractivity contribution in [1.82, 2.24) is 4.90 Å². The Morgan fingerprint density at radius 1 is 1.31 bits per heavy atom. The second kappa shape index (κ2) is 6.11. The molecule has 16 heavy (non-hydrogen) atoms. The number of rotatable bonds is 5. The molecular weight excluding hydrogens is 270 g/mol. The van der Waals surface area contributed by atoms with E-state index in [4.69, 9.17) is 4.74 Å². The lowest BCUT2D eigenvalue weighted by atomic mass is 10.2. The maximum atomic E-state index is 9.69. The first-order valence-electron chi connectivity index (χ1n) is 5.40. The van der Waals surface area contributed by atoms with Crippen LogP contribution in [0.1, 0.15) is 19.4 Å². The first-order chi connectivity index (χ1) is 7.62. The fraction of sp³-hybridized carbons (Fsp3) is 0.500. The molecule has 0 aliphatic carbocycles. The second-order valence-corrected chi connectivity index (χ2v) is 4.44. The van der Waals surface area contributed by atoms with E-state index in [-0.39, 0.29) is 5.75 Å². The molecule has 4 heteroatoms. The van der Waals surface area contributed by atoms with Gasteiger partial charge < -0.3 is 9.84 Å². The van der Waals surface area contributed by atoms with Crippen molar-refractivity contribution in [3.63, 3.8) is 0 Å². The van der Waals surface area contributed by atoms with Crippen molar-refractivity contribution < 1.29 is 9.84 Å². The number of nitrogens with zero attached hydrogens (tertiary/aromatic N) is 1. The molecule has 0 fully saturated rings. The molecule has 3 nitrogen and oxygen atoms in total. The lowest BCUT2D eigenvalue weighted by Crippen LogP contribution is -2.22. The van der Waals surface area contributed by atoms with Crippen molar-refractivity contribution in [2.24, 2.45) is 0 Å². The van der Waals surface area contributed by atoms with Crippen LogP contribution in [-0.2, 0) is 6.54 Å². The Bertz CT molecular complexity index is 351. The highest BCUT2D eigenvalue weighted by molar-refractivity contribution is 9.10. The molecule has 0 aliphatic heterocycles. The Hall–Kier alpha value is -0.740. The molecule has 0 spiro atoms. The van der Waals surface area contributed by atoms with Gasteiger partial charge in [-0.15, -0.1) is 0 Å². The smallest absolute Gasteiger partial charge is 0.172 e. The van der Waals surface area contributed by atoms with Crippen LogP contribution in [-0.4, -0.2) is 30.2 Å². The van der Waals surface area contributed by atoms with Gasteiger partial charge in [0, 0.05) is 6.54 Å². The van der Waals surface area contributed by atoms with Gasteiger partial charge >= 0.3 is 0 Å². The van der Waals surface area contributed by atoms with Crippen LogP contribution in [0.2, 0.25) is 0 Å². The minimum atomic E-state index is 0.158. The highest BCUT2D eigenvalue weighted by Gasteiger charge is 2.10. The highest BCUT2D eigenvalue weighted by Crippen LogP contribution is 2.35. The van der Waals surface area contributed by atoms with Crippen LogP contribution >= 0.6 is 15.9 Å². The fourth-order valence-electron chi connectivity index (χ4n) is 1.58. The topological polar surface area (TPSA) is 32.7 Å². The van der Waals surface area contributed by atoms with E-state index < -0.39 is 0 Å². The van der Waals surface area contributed by atoms with E-state index in [0.29, 0.717) is 10.2 Å². The lowest BCUT2D eigenvalue weighted by molar-refractivity contribution is 0.294. The first-order valence-corrected chi connectivity index (χ1v) is 6.19. The Kier molecular flexibility index (Phi) is 5.09. The molecule has 90 valence electrons. The Labute approximate surface area is 105 Å². The zero-order valence-corrected chi connectivity index (χ0v) is 11.5. The zero-order valence-electron chi connectivity index (χ0n) is 9.96. The number of ether oxygens (including phenoxy) is 1. The minimum absolute atomic E-state index is 0.158. The SMILES string of the molecule is CCN(CC)Cc1cc(Br)c(O)c(OC)c1. The third kappa shape index (κ3) is 3.12. The highest BCUT2D eigenvalue weighted by atomic mass is 79.9. The lowest BCUT2D eigenvalue weighted by Gasteiger charge is -2.19. The number of phenolic OH excluding ortho intramolecular Hbond substituents is 1. The van der Waals surface area contributed by atoms with E-state index in [1.54, 1.807) is 7.11 Å². The van der Waals surface area contributed by atoms with E-state index in [1.807, 2.05) is 12.1 Å². The summed E-state index contributed by atoms with van der Waals surface area (Å²) in [4.78, 5) is 2.30. The summed E-state index contributed by atoms with van der Waals surface area (Å²) < 4.78 is 5.79. The van der Waals surface area contributed by atoms with Gasteiger partial charge in [0.05, 0.1) is 11.6 Å². The van der Waals surface area contributed by atoms with E-state index >= 15 is 0 Å². The number of halogens is 1. The Morgan fingerprint density at radius 3 is 2.44 bits per heavy atom. The van der Waals surface area contributed by atoms with Crippen molar-refractivity contribution in [1.29, 1.82) is 0 Å². The summed E-state index contributed by atoms with van der Waals surface area (Å²) in [6.45, 7) is 7.16. The van der Waals surface area contributed by atoms with Crippen molar-refractivity contribution >= 4 is 15.9 Å². The fourth-order valence-corrected chi connectivity index (χ4v) is 2.07. The van der Waals surface area contributed by atoms with Crippen molar-refractivity contribution in [3.8, 4) is 11.5 Å². The minimum Gasteiger partial charge on any atom is -0.503 e. The van der Waals surface area contributed by atoms with Gasteiger partial charge in [0.2, 0.25) is 0 Å². The van der Waals surface area contributed by atoms with Crippen molar-refractivity contribution in [2.75, 3.05) is 20.2 Å². The summed E-state index contributed by atoms with van der Waals surface area (Å²) in [6.07, 6.45) is 0. The van der Waals surface area contributed by atoms with Crippen LogP contribution in [0.3, 0.4) is 0 Å². The Balaban J connectivity index is 2.93. The Morgan fingerprint density at radius 2 is 1.94 bits per heavy atom. The molecule has 1 N–H and O–H groups in total. The molecule has 0 unspecified atom stereocenters. The van der Waals surface area contributed by atoms with Gasteiger partial charge in [0.25, 0.3) is 0 Å². The summed E-state index contributed by atoms with van der Waals surface area (Å²) in [5, 5.41) is 9.69. The standard InChI is InChI=1S/C12H18BrNO2/c1-4-14(5-2)8-9-6-10(13)12(15)11(7-9)16-3/h6-7,15H,4-5,8H2,1-3H3. The van der Waals surface area contributed by atoms with Crippen LogP contribution in [0.15, 0.2) is 16.6 Å². The average molecular weight is 288 g/mol. The van der Waals surface area contributed by atoms with Crippen LogP contribution in [0.25, 0.3) is 0 Å². The van der Waals surface area contributed by atoms with Gasteiger partial charge in [0.1, 0.15) is 0 Å². The quantitative estimate of drug-likeness (QED) is 0.904. The van der Waals surface area contributed by atoms with Crippen molar-refractivity contribution in [3.05, 3.63) is 22.2 Å². The maximum Gasteiger partial charge on any atom is 0.172 e. The molecule has 0 aliphatic rings. The van der Waals surface area contributed by atoms with Crippen LogP contribution in [0, 0.1) is 0 Å². The molecule has 0 aromatic heterocycles. The molecule has 0 bridgehead atoms. The predicted octanol–water partition coefficient (Wildman–Crippen LogP) is 3.01. The monoisotopic (exact) mass is 287 g/mol. The van der Waals surface area contributed by atoms with Crippen LogP contribution in [0.4, 0.5) is 0 Å². The van der Waals surface area contributed by atoms with Gasteiger partial charge in [-0.2, -0.15) is 0 Å². The zero-order chi connectivity index (χ0) is 12.1. The van der Waals surface area contributed by atoms with Crippen molar-refractivity contribution in [2.45, 2.75) is 20.4 Å². The summed E-state index contributed by atoms with van der Waals surface area (Å²) in [5.41, 5.74) is 1.13. The van der Waals surface area contributed by atoms with Gasteiger partial charge in [-0.25, -0.2) is 0 Å². The molecule has 0 saturated heterocycles. The number of hydrogen-bond donors (Lipinski definition) is 1. The number of aromatic hydroxyl groups is 1. The molecule has 1 aromatic carbocycles. The summed E-state index contributed by atoms with van der Waals surface area (Å²) >= 11 is 3.32. The third-order valence-electron chi connectivity index (χ3n) is 2.61. The molecule has 1 aromatic rings. The molecule has 0 amide bonds. The van der Waals surface area contributed by atoms with Gasteiger partial charge in [-0.05, 0) is 46.7 Å². The van der Waals surface area contributed by atoms with Gasteiger partial charge in [-0.1, -0.05) is 13.8 Å². The van der Waals surface area contributed by atoms with Gasteiger partial charge in [-0.3, -0.25) is 4.90 Å². The summed E-state index contributed by atoms with van der Waals surface area (Å²) in [6, 6.07) is 3.80. The molecular formula is C12H18BrNO2. The normalized spacial score (nSPS) is 10.8. The third-order valence-corrected chi connectivity index (χ3v) is 3.21. The second-order valence-electron chi connectivity index (χ2n) is 3.59. The molecule has 0 saturated carbocycles. The van der Waals surface area contributed by atoms with Crippen LogP contribution < -0.4 is 4.74 Å². The number of methoxy groups -OCH3 is 1. The number of phenols is 1. The molecule has 1 rings (SSSR count). The van der Waals surface area contributed by atoms with E-state index in [2.05, 4.69) is 34.7 Å². The van der Waals surface area contributed by atoms with E-state index in [1.165, 1.54) is 0 Å². The first kappa shape index (κ1) is 13.3. The molecule has 0 radical (unpaired) electrons. The maximum absolute atomic E-state index is 9.69. The largest absolute Gasteiger partial charge is 0.503 e.